The third kappa shape index (κ3) is 4.57. The molecule has 0 aliphatic rings. The molecule has 0 N–H and O–H groups in total. The second-order valence-electron chi connectivity index (χ2n) is 3.72. The fraction of sp³-hybridized carbons (Fsp3) is 0.500. The predicted molar refractivity (Wildman–Crippen MR) is 73.3 cm³/mol. The minimum atomic E-state index is 0. The molecule has 1 aromatic rings. The molecule has 0 spiro atoms. The van der Waals surface area contributed by atoms with Gasteiger partial charge in [0.2, 0.25) is 0 Å². The molecule has 0 aliphatic heterocycles. The van der Waals surface area contributed by atoms with E-state index in [-0.39, 0.29) is 24.9 Å². The average Bonchev–Trinajstić information content (AvgIpc) is 2.15. The first kappa shape index (κ1) is 14.1. The monoisotopic (exact) mass is 274 g/mol. The number of benzene rings is 1. The van der Waals surface area contributed by atoms with E-state index < -0.39 is 0 Å². The molecule has 1 unspecified atom stereocenters. The Morgan fingerprint density at radius 3 is 2.14 bits per heavy atom. The number of hydrogen-bond donors (Lipinski definition) is 0. The fourth-order valence-electron chi connectivity index (χ4n) is 1.58. The molecule has 0 amide bonds. The van der Waals surface area contributed by atoms with Gasteiger partial charge in [-0.2, -0.15) is 0 Å². The Morgan fingerprint density at radius 2 is 1.71 bits per heavy atom. The molecule has 0 saturated carbocycles. The summed E-state index contributed by atoms with van der Waals surface area (Å²) in [6.07, 6.45) is 2.57. The van der Waals surface area contributed by atoms with Crippen molar-refractivity contribution in [3.8, 4) is 0 Å². The summed E-state index contributed by atoms with van der Waals surface area (Å²) < 4.78 is 0. The fourth-order valence-corrected chi connectivity index (χ4v) is 2.88. The van der Waals surface area contributed by atoms with Crippen LogP contribution in [0.2, 0.25) is 0 Å². The Balaban J connectivity index is 0.00000169. The first-order chi connectivity index (χ1) is 6.24. The normalized spacial score (nSPS) is 12.3. The maximum absolute atomic E-state index is 2.38. The highest BCUT2D eigenvalue weighted by Crippen LogP contribution is 2.36. The van der Waals surface area contributed by atoms with Crippen LogP contribution in [0.5, 0.6) is 0 Å². The van der Waals surface area contributed by atoms with E-state index in [0.29, 0.717) is 0 Å². The summed E-state index contributed by atoms with van der Waals surface area (Å²) in [4.78, 5) is 0. The van der Waals surface area contributed by atoms with Gasteiger partial charge in [-0.1, -0.05) is 37.3 Å². The zero-order valence-corrected chi connectivity index (χ0v) is 11.8. The molecule has 0 radical (unpaired) electrons. The van der Waals surface area contributed by atoms with Gasteiger partial charge >= 0.3 is 0 Å². The van der Waals surface area contributed by atoms with E-state index in [1.807, 2.05) is 0 Å². The molecule has 2 heteroatoms. The van der Waals surface area contributed by atoms with Gasteiger partial charge in [0.1, 0.15) is 0 Å². The summed E-state index contributed by atoms with van der Waals surface area (Å²) in [6, 6.07) is 10.8. The molecule has 0 nitrogen and oxygen atoms in total. The Morgan fingerprint density at radius 1 is 1.14 bits per heavy atom. The smallest absolute Gasteiger partial charge is 0.0176 e. The van der Waals surface area contributed by atoms with Crippen LogP contribution in [-0.2, 0) is 6.42 Å². The van der Waals surface area contributed by atoms with Gasteiger partial charge in [0, 0.05) is 0 Å². The molecule has 0 heterocycles. The van der Waals surface area contributed by atoms with E-state index in [2.05, 4.69) is 50.6 Å². The molecule has 0 fully saturated rings. The van der Waals surface area contributed by atoms with Crippen molar-refractivity contribution in [2.45, 2.75) is 25.4 Å². The molecule has 80 valence electrons. The minimum Gasteiger partial charge on any atom is -0.114 e. The molecule has 14 heavy (non-hydrogen) atoms. The Hall–Kier alpha value is 0.130. The van der Waals surface area contributed by atoms with Gasteiger partial charge in [-0.25, -0.2) is 0 Å². The molecule has 0 aromatic heterocycles. The van der Waals surface area contributed by atoms with Crippen molar-refractivity contribution in [2.75, 3.05) is 13.3 Å². The lowest BCUT2D eigenvalue weighted by Crippen LogP contribution is -2.06. The lowest BCUT2D eigenvalue weighted by atomic mass is 10.1. The summed E-state index contributed by atoms with van der Waals surface area (Å²) >= 11 is 0. The SMILES string of the molecule is Br.CCC(Cc1ccccc1)P(C)C. The molecule has 0 saturated heterocycles. The van der Waals surface area contributed by atoms with Crippen molar-refractivity contribution in [1.82, 2.24) is 0 Å². The van der Waals surface area contributed by atoms with E-state index in [1.165, 1.54) is 18.4 Å². The molecule has 1 atom stereocenters. The summed E-state index contributed by atoms with van der Waals surface area (Å²) in [5, 5.41) is 0. The number of halogens is 1. The quantitative estimate of drug-likeness (QED) is 0.717. The van der Waals surface area contributed by atoms with Gasteiger partial charge in [0.15, 0.2) is 0 Å². The third-order valence-electron chi connectivity index (χ3n) is 2.52. The topological polar surface area (TPSA) is 0 Å². The Labute approximate surface area is 99.6 Å². The molecule has 0 bridgehead atoms. The molecular formula is C12H20BrP. The van der Waals surface area contributed by atoms with Gasteiger partial charge in [0.05, 0.1) is 0 Å². The minimum absolute atomic E-state index is 0. The van der Waals surface area contributed by atoms with E-state index in [9.17, 15) is 0 Å². The van der Waals surface area contributed by atoms with Crippen molar-refractivity contribution in [1.29, 1.82) is 0 Å². The van der Waals surface area contributed by atoms with Gasteiger partial charge in [-0.05, 0) is 37.4 Å². The molecule has 0 aliphatic carbocycles. The van der Waals surface area contributed by atoms with Crippen LogP contribution >= 0.6 is 24.9 Å². The highest BCUT2D eigenvalue weighted by Gasteiger charge is 2.10. The largest absolute Gasteiger partial charge is 0.114 e. The summed E-state index contributed by atoms with van der Waals surface area (Å²) in [6.45, 7) is 7.06. The van der Waals surface area contributed by atoms with Crippen LogP contribution in [0.15, 0.2) is 30.3 Å². The zero-order valence-electron chi connectivity index (χ0n) is 9.23. The van der Waals surface area contributed by atoms with Crippen LogP contribution in [0.3, 0.4) is 0 Å². The highest BCUT2D eigenvalue weighted by molar-refractivity contribution is 8.93. The predicted octanol–water partition coefficient (Wildman–Crippen LogP) is 4.33. The standard InChI is InChI=1S/C12H19P.BrH/c1-4-12(13(2)3)10-11-8-6-5-7-9-11;/h5-9,12H,4,10H2,1-3H3;1H. The van der Waals surface area contributed by atoms with Crippen LogP contribution in [0.4, 0.5) is 0 Å². The molecular weight excluding hydrogens is 255 g/mol. The van der Waals surface area contributed by atoms with Crippen molar-refractivity contribution in [2.24, 2.45) is 0 Å². The van der Waals surface area contributed by atoms with Gasteiger partial charge < -0.3 is 0 Å². The summed E-state index contributed by atoms with van der Waals surface area (Å²) in [5.41, 5.74) is 2.39. The number of hydrogen-bond acceptors (Lipinski definition) is 0. The van der Waals surface area contributed by atoms with Crippen LogP contribution < -0.4 is 0 Å². The van der Waals surface area contributed by atoms with Crippen LogP contribution in [0.25, 0.3) is 0 Å². The van der Waals surface area contributed by atoms with Crippen molar-refractivity contribution < 1.29 is 0 Å². The van der Waals surface area contributed by atoms with Gasteiger partial charge in [0.25, 0.3) is 0 Å². The molecule has 1 aromatic carbocycles. The van der Waals surface area contributed by atoms with Crippen LogP contribution in [0, 0.1) is 0 Å². The zero-order chi connectivity index (χ0) is 9.68. The second-order valence-corrected chi connectivity index (χ2v) is 6.37. The van der Waals surface area contributed by atoms with E-state index in [1.54, 1.807) is 0 Å². The van der Waals surface area contributed by atoms with Gasteiger partial charge in [-0.15, -0.1) is 24.9 Å². The van der Waals surface area contributed by atoms with Crippen molar-refractivity contribution in [3.05, 3.63) is 35.9 Å². The summed E-state index contributed by atoms with van der Waals surface area (Å²) in [7, 11) is 0.212. The molecule has 1 rings (SSSR count). The van der Waals surface area contributed by atoms with Crippen LogP contribution in [-0.4, -0.2) is 19.0 Å². The van der Waals surface area contributed by atoms with Gasteiger partial charge in [-0.3, -0.25) is 0 Å². The second kappa shape index (κ2) is 7.43. The lowest BCUT2D eigenvalue weighted by molar-refractivity contribution is 0.806. The summed E-state index contributed by atoms with van der Waals surface area (Å²) in [5.74, 6) is 0. The van der Waals surface area contributed by atoms with Crippen molar-refractivity contribution >= 4 is 24.9 Å². The maximum atomic E-state index is 2.38. The lowest BCUT2D eigenvalue weighted by Gasteiger charge is -2.19. The highest BCUT2D eigenvalue weighted by atomic mass is 79.9. The first-order valence-corrected chi connectivity index (χ1v) is 7.25. The Bertz CT molecular complexity index is 233. The Kier molecular flexibility index (Phi) is 7.49. The van der Waals surface area contributed by atoms with E-state index in [0.717, 1.165) is 5.66 Å². The van der Waals surface area contributed by atoms with E-state index >= 15 is 0 Å². The van der Waals surface area contributed by atoms with E-state index in [4.69, 9.17) is 0 Å². The number of rotatable bonds is 4. The third-order valence-corrected chi connectivity index (χ3v) is 4.52. The van der Waals surface area contributed by atoms with Crippen molar-refractivity contribution in [3.63, 3.8) is 0 Å². The van der Waals surface area contributed by atoms with Crippen LogP contribution in [0.1, 0.15) is 18.9 Å². The average molecular weight is 275 g/mol. The first-order valence-electron chi connectivity index (χ1n) is 4.94. The maximum Gasteiger partial charge on any atom is -0.0176 e.